The zero-order chi connectivity index (χ0) is 20.9. The first kappa shape index (κ1) is 22.5. The number of benzene rings is 2. The SMILES string of the molecule is CCN(CC(=O)Nc1cc(OC)c(Cl)cc1OC)S(=O)(=O)c1ccc(Br)cc1. The van der Waals surface area contributed by atoms with E-state index in [1.807, 2.05) is 0 Å². The molecule has 2 aromatic carbocycles. The van der Waals surface area contributed by atoms with Gasteiger partial charge >= 0.3 is 0 Å². The molecule has 152 valence electrons. The number of carbonyl (C=O) groups excluding carboxylic acids is 1. The van der Waals surface area contributed by atoms with Gasteiger partial charge in [-0.3, -0.25) is 4.79 Å². The minimum Gasteiger partial charge on any atom is -0.495 e. The van der Waals surface area contributed by atoms with E-state index >= 15 is 0 Å². The highest BCUT2D eigenvalue weighted by molar-refractivity contribution is 9.10. The van der Waals surface area contributed by atoms with Gasteiger partial charge in [0.25, 0.3) is 0 Å². The van der Waals surface area contributed by atoms with E-state index in [-0.39, 0.29) is 18.0 Å². The highest BCUT2D eigenvalue weighted by Gasteiger charge is 2.25. The number of carbonyl (C=O) groups is 1. The van der Waals surface area contributed by atoms with Gasteiger partial charge in [0.1, 0.15) is 11.5 Å². The number of likely N-dealkylation sites (N-methyl/N-ethyl adjacent to an activating group) is 1. The summed E-state index contributed by atoms with van der Waals surface area (Å²) in [5, 5.41) is 2.97. The molecule has 0 saturated heterocycles. The average molecular weight is 492 g/mol. The summed E-state index contributed by atoms with van der Waals surface area (Å²) in [4.78, 5) is 12.6. The van der Waals surface area contributed by atoms with E-state index in [1.165, 1.54) is 38.5 Å². The van der Waals surface area contributed by atoms with Crippen molar-refractivity contribution >= 4 is 49.1 Å². The standard InChI is InChI=1S/C18H20BrClN2O5S/c1-4-22(28(24,25)13-7-5-12(19)6-8-13)11-18(23)21-15-10-16(26-2)14(20)9-17(15)27-3/h5-10H,4,11H2,1-3H3,(H,21,23). The highest BCUT2D eigenvalue weighted by atomic mass is 79.9. The van der Waals surface area contributed by atoms with Gasteiger partial charge in [-0.05, 0) is 24.3 Å². The number of nitrogens with one attached hydrogen (secondary N) is 1. The van der Waals surface area contributed by atoms with Crippen LogP contribution in [0.15, 0.2) is 45.8 Å². The molecule has 0 radical (unpaired) electrons. The van der Waals surface area contributed by atoms with Gasteiger partial charge in [-0.2, -0.15) is 4.31 Å². The third-order valence-electron chi connectivity index (χ3n) is 3.87. The molecule has 0 heterocycles. The summed E-state index contributed by atoms with van der Waals surface area (Å²) >= 11 is 9.32. The molecule has 0 fully saturated rings. The Labute approximate surface area is 177 Å². The van der Waals surface area contributed by atoms with Crippen LogP contribution in [0.2, 0.25) is 5.02 Å². The summed E-state index contributed by atoms with van der Waals surface area (Å²) < 4.78 is 37.8. The average Bonchev–Trinajstić information content (AvgIpc) is 2.67. The topological polar surface area (TPSA) is 84.9 Å². The summed E-state index contributed by atoms with van der Waals surface area (Å²) in [5.74, 6) is 0.163. The Hall–Kier alpha value is -1.81. The zero-order valence-corrected chi connectivity index (χ0v) is 18.7. The van der Waals surface area contributed by atoms with Crippen molar-refractivity contribution in [3.05, 3.63) is 45.9 Å². The lowest BCUT2D eigenvalue weighted by Crippen LogP contribution is -2.37. The van der Waals surface area contributed by atoms with Crippen molar-refractivity contribution in [2.24, 2.45) is 0 Å². The van der Waals surface area contributed by atoms with Crippen LogP contribution in [-0.4, -0.2) is 45.9 Å². The van der Waals surface area contributed by atoms with Gasteiger partial charge < -0.3 is 14.8 Å². The van der Waals surface area contributed by atoms with Crippen LogP contribution in [0.25, 0.3) is 0 Å². The van der Waals surface area contributed by atoms with Gasteiger partial charge in [-0.25, -0.2) is 8.42 Å². The molecule has 0 bridgehead atoms. The third-order valence-corrected chi connectivity index (χ3v) is 6.63. The van der Waals surface area contributed by atoms with E-state index in [0.717, 1.165) is 8.78 Å². The van der Waals surface area contributed by atoms with Crippen molar-refractivity contribution in [2.45, 2.75) is 11.8 Å². The lowest BCUT2D eigenvalue weighted by atomic mass is 10.2. The molecular formula is C18H20BrClN2O5S. The van der Waals surface area contributed by atoms with E-state index < -0.39 is 15.9 Å². The number of sulfonamides is 1. The number of ether oxygens (including phenoxy) is 2. The molecule has 2 rings (SSSR count). The maximum atomic E-state index is 12.8. The number of methoxy groups -OCH3 is 2. The smallest absolute Gasteiger partial charge is 0.243 e. The Morgan fingerprint density at radius 3 is 2.29 bits per heavy atom. The van der Waals surface area contributed by atoms with Crippen LogP contribution in [0, 0.1) is 0 Å². The lowest BCUT2D eigenvalue weighted by Gasteiger charge is -2.20. The second kappa shape index (κ2) is 9.60. The predicted octanol–water partition coefficient (Wildman–Crippen LogP) is 3.77. The second-order valence-corrected chi connectivity index (χ2v) is 8.88. The van der Waals surface area contributed by atoms with Crippen molar-refractivity contribution < 1.29 is 22.7 Å². The molecule has 0 aliphatic carbocycles. The third kappa shape index (κ3) is 5.16. The Balaban J connectivity index is 2.22. The molecule has 0 aliphatic heterocycles. The molecule has 2 aromatic rings. The molecule has 0 unspecified atom stereocenters. The monoisotopic (exact) mass is 490 g/mol. The fraction of sp³-hybridized carbons (Fsp3) is 0.278. The van der Waals surface area contributed by atoms with Crippen LogP contribution >= 0.6 is 27.5 Å². The van der Waals surface area contributed by atoms with Crippen molar-refractivity contribution in [1.29, 1.82) is 0 Å². The Morgan fingerprint density at radius 1 is 1.14 bits per heavy atom. The van der Waals surface area contributed by atoms with Crippen molar-refractivity contribution in [2.75, 3.05) is 32.6 Å². The first-order valence-electron chi connectivity index (χ1n) is 8.20. The molecule has 7 nitrogen and oxygen atoms in total. The fourth-order valence-corrected chi connectivity index (χ4v) is 4.33. The molecule has 0 aromatic heterocycles. The Morgan fingerprint density at radius 2 is 1.75 bits per heavy atom. The van der Waals surface area contributed by atoms with Crippen molar-refractivity contribution in [3.63, 3.8) is 0 Å². The molecular weight excluding hydrogens is 472 g/mol. The summed E-state index contributed by atoms with van der Waals surface area (Å²) in [7, 11) is -0.934. The normalized spacial score (nSPS) is 11.4. The summed E-state index contributed by atoms with van der Waals surface area (Å²) in [6.45, 7) is 1.44. The number of nitrogens with zero attached hydrogens (tertiary/aromatic N) is 1. The van der Waals surface area contributed by atoms with Crippen LogP contribution in [0.5, 0.6) is 11.5 Å². The molecule has 0 saturated carbocycles. The molecule has 0 atom stereocenters. The Kier molecular flexibility index (Phi) is 7.70. The molecule has 28 heavy (non-hydrogen) atoms. The van der Waals surface area contributed by atoms with Gasteiger partial charge in [-0.15, -0.1) is 0 Å². The molecule has 0 spiro atoms. The van der Waals surface area contributed by atoms with Gasteiger partial charge in [0, 0.05) is 23.2 Å². The predicted molar refractivity (Wildman–Crippen MR) is 112 cm³/mol. The summed E-state index contributed by atoms with van der Waals surface area (Å²) in [5.41, 5.74) is 0.325. The van der Waals surface area contributed by atoms with Gasteiger partial charge in [0.2, 0.25) is 15.9 Å². The second-order valence-electron chi connectivity index (χ2n) is 5.62. The maximum absolute atomic E-state index is 12.8. The zero-order valence-electron chi connectivity index (χ0n) is 15.5. The van der Waals surface area contributed by atoms with E-state index in [0.29, 0.717) is 22.2 Å². The van der Waals surface area contributed by atoms with E-state index in [1.54, 1.807) is 19.1 Å². The first-order valence-corrected chi connectivity index (χ1v) is 10.8. The summed E-state index contributed by atoms with van der Waals surface area (Å²) in [6, 6.07) is 9.24. The number of hydrogen-bond donors (Lipinski definition) is 1. The van der Waals surface area contributed by atoms with Crippen LogP contribution in [0.3, 0.4) is 0 Å². The van der Waals surface area contributed by atoms with Crippen molar-refractivity contribution in [3.8, 4) is 11.5 Å². The summed E-state index contributed by atoms with van der Waals surface area (Å²) in [6.07, 6.45) is 0. The van der Waals surface area contributed by atoms with E-state index in [4.69, 9.17) is 21.1 Å². The van der Waals surface area contributed by atoms with Gasteiger partial charge in [0.15, 0.2) is 0 Å². The maximum Gasteiger partial charge on any atom is 0.243 e. The first-order chi connectivity index (χ1) is 13.2. The van der Waals surface area contributed by atoms with Crippen LogP contribution < -0.4 is 14.8 Å². The number of hydrogen-bond acceptors (Lipinski definition) is 5. The number of rotatable bonds is 8. The highest BCUT2D eigenvalue weighted by Crippen LogP contribution is 2.35. The van der Waals surface area contributed by atoms with Crippen LogP contribution in [0.1, 0.15) is 6.92 Å². The van der Waals surface area contributed by atoms with Gasteiger partial charge in [-0.1, -0.05) is 34.5 Å². The minimum absolute atomic E-state index is 0.107. The molecule has 0 aliphatic rings. The fourth-order valence-electron chi connectivity index (χ4n) is 2.43. The van der Waals surface area contributed by atoms with Gasteiger partial charge in [0.05, 0.1) is 36.4 Å². The lowest BCUT2D eigenvalue weighted by molar-refractivity contribution is -0.116. The van der Waals surface area contributed by atoms with Crippen LogP contribution in [0.4, 0.5) is 5.69 Å². The quantitative estimate of drug-likeness (QED) is 0.608. The van der Waals surface area contributed by atoms with E-state index in [2.05, 4.69) is 21.2 Å². The largest absolute Gasteiger partial charge is 0.495 e. The van der Waals surface area contributed by atoms with E-state index in [9.17, 15) is 13.2 Å². The Bertz CT molecular complexity index is 951. The van der Waals surface area contributed by atoms with Crippen molar-refractivity contribution in [1.82, 2.24) is 4.31 Å². The minimum atomic E-state index is -3.82. The molecule has 1 amide bonds. The van der Waals surface area contributed by atoms with Crippen LogP contribution in [-0.2, 0) is 14.8 Å². The number of halogens is 2. The molecule has 10 heteroatoms. The number of amides is 1. The number of anilines is 1. The molecule has 1 N–H and O–H groups in total.